The van der Waals surface area contributed by atoms with Crippen LogP contribution in [0.25, 0.3) is 31.3 Å². The lowest BCUT2D eigenvalue weighted by atomic mass is 9.70. The van der Waals surface area contributed by atoms with Crippen LogP contribution in [-0.2, 0) is 5.41 Å². The summed E-state index contributed by atoms with van der Waals surface area (Å²) in [6, 6.07) is 29.4. The summed E-state index contributed by atoms with van der Waals surface area (Å²) in [5, 5.41) is 2.90. The number of hydrogen-bond acceptors (Lipinski definition) is 1. The molecule has 7 rings (SSSR count). The highest BCUT2D eigenvalue weighted by Crippen LogP contribution is 2.63. The van der Waals surface area contributed by atoms with Gasteiger partial charge >= 0.3 is 0 Å². The Morgan fingerprint density at radius 2 is 1.22 bits per heavy atom. The smallest absolute Gasteiger partial charge is 0.0726 e. The van der Waals surface area contributed by atoms with E-state index in [-0.39, 0.29) is 5.41 Å². The molecule has 0 amide bonds. The van der Waals surface area contributed by atoms with E-state index in [2.05, 4.69) is 94.8 Å². The van der Waals surface area contributed by atoms with Gasteiger partial charge in [-0.3, -0.25) is 0 Å². The third kappa shape index (κ3) is 1.50. The fraction of sp³-hybridized carbons (Fsp3) is 0.0400. The zero-order chi connectivity index (χ0) is 17.8. The van der Waals surface area contributed by atoms with Crippen LogP contribution in [0.1, 0.15) is 22.3 Å². The Balaban J connectivity index is 1.81. The Kier molecular flexibility index (Phi) is 2.54. The van der Waals surface area contributed by atoms with Crippen molar-refractivity contribution in [1.82, 2.24) is 0 Å². The normalized spacial score (nSPS) is 15.1. The lowest BCUT2D eigenvalue weighted by Crippen LogP contribution is -2.26. The standard InChI is InChI=1S/C25H13BrS/c26-14-12-20-24-22(13-14)27-21-11-5-10-19(23(21)24)25(20)17-8-3-1-6-15(17)16-7-2-4-9-18(16)25/h1-13H. The van der Waals surface area contributed by atoms with Gasteiger partial charge in [-0.15, -0.1) is 11.3 Å². The molecule has 1 aromatic heterocycles. The van der Waals surface area contributed by atoms with Gasteiger partial charge in [-0.2, -0.15) is 0 Å². The van der Waals surface area contributed by atoms with Gasteiger partial charge in [-0.25, -0.2) is 0 Å². The fourth-order valence-corrected chi connectivity index (χ4v) is 7.29. The van der Waals surface area contributed by atoms with Crippen LogP contribution >= 0.6 is 27.3 Å². The number of rotatable bonds is 0. The number of fused-ring (bicyclic) bond motifs is 7. The van der Waals surface area contributed by atoms with Gasteiger partial charge in [0.05, 0.1) is 5.41 Å². The fourth-order valence-electron chi connectivity index (χ4n) is 5.48. The van der Waals surface area contributed by atoms with E-state index in [4.69, 9.17) is 0 Å². The topological polar surface area (TPSA) is 0 Å². The summed E-state index contributed by atoms with van der Waals surface area (Å²) in [7, 11) is 0. The first-order valence-corrected chi connectivity index (χ1v) is 10.8. The van der Waals surface area contributed by atoms with Crippen molar-refractivity contribution in [2.24, 2.45) is 0 Å². The zero-order valence-electron chi connectivity index (χ0n) is 14.3. The highest BCUT2D eigenvalue weighted by Gasteiger charge is 2.51. The summed E-state index contributed by atoms with van der Waals surface area (Å²) >= 11 is 5.70. The molecule has 2 heteroatoms. The van der Waals surface area contributed by atoms with Crippen molar-refractivity contribution in [3.63, 3.8) is 0 Å². The number of benzene rings is 4. The molecule has 27 heavy (non-hydrogen) atoms. The van der Waals surface area contributed by atoms with Gasteiger partial charge in [0.1, 0.15) is 0 Å². The molecule has 2 aliphatic rings. The monoisotopic (exact) mass is 424 g/mol. The van der Waals surface area contributed by atoms with Crippen molar-refractivity contribution >= 4 is 47.4 Å². The van der Waals surface area contributed by atoms with E-state index in [0.717, 1.165) is 4.47 Å². The molecular formula is C25H13BrS. The zero-order valence-corrected chi connectivity index (χ0v) is 16.7. The Labute approximate surface area is 169 Å². The van der Waals surface area contributed by atoms with Crippen LogP contribution in [0.15, 0.2) is 83.3 Å². The molecule has 0 nitrogen and oxygen atoms in total. The minimum Gasteiger partial charge on any atom is -0.135 e. The summed E-state index contributed by atoms with van der Waals surface area (Å²) in [6.45, 7) is 0. The maximum Gasteiger partial charge on any atom is 0.0726 e. The van der Waals surface area contributed by atoms with Crippen molar-refractivity contribution in [3.05, 3.63) is 106 Å². The first-order chi connectivity index (χ1) is 13.3. The molecule has 0 N–H and O–H groups in total. The van der Waals surface area contributed by atoms with E-state index in [1.807, 2.05) is 11.3 Å². The van der Waals surface area contributed by atoms with Gasteiger partial charge in [0.2, 0.25) is 0 Å². The molecule has 1 spiro atoms. The second kappa shape index (κ2) is 4.70. The minimum atomic E-state index is -0.201. The van der Waals surface area contributed by atoms with Crippen molar-refractivity contribution in [2.75, 3.05) is 0 Å². The SMILES string of the molecule is Brc1cc2c3c(c1)sc1cccc(c13)C21c2ccccc2-c2ccccc21. The molecule has 0 aliphatic heterocycles. The third-order valence-corrected chi connectivity index (χ3v) is 7.88. The Hall–Kier alpha value is -2.42. The number of hydrogen-bond donors (Lipinski definition) is 0. The summed E-state index contributed by atoms with van der Waals surface area (Å²) in [6.07, 6.45) is 0. The number of thiophene rings is 1. The maximum absolute atomic E-state index is 3.80. The Morgan fingerprint density at radius 3 is 1.96 bits per heavy atom. The van der Waals surface area contributed by atoms with Crippen molar-refractivity contribution in [3.8, 4) is 11.1 Å². The average molecular weight is 425 g/mol. The molecule has 5 aromatic rings. The summed E-state index contributed by atoms with van der Waals surface area (Å²) in [5.74, 6) is 0. The minimum absolute atomic E-state index is 0.201. The second-order valence-corrected chi connectivity index (χ2v) is 9.45. The average Bonchev–Trinajstić information content (AvgIpc) is 3.31. The largest absolute Gasteiger partial charge is 0.135 e. The van der Waals surface area contributed by atoms with E-state index in [9.17, 15) is 0 Å². The van der Waals surface area contributed by atoms with E-state index < -0.39 is 0 Å². The van der Waals surface area contributed by atoms with Gasteiger partial charge in [-0.1, -0.05) is 76.6 Å². The summed E-state index contributed by atoms with van der Waals surface area (Å²) < 4.78 is 3.93. The quantitative estimate of drug-likeness (QED) is 0.236. The molecule has 0 fully saturated rings. The van der Waals surface area contributed by atoms with E-state index in [1.165, 1.54) is 53.6 Å². The van der Waals surface area contributed by atoms with Crippen molar-refractivity contribution in [1.29, 1.82) is 0 Å². The van der Waals surface area contributed by atoms with Gasteiger partial charge in [0.25, 0.3) is 0 Å². The predicted octanol–water partition coefficient (Wildman–Crippen LogP) is 7.49. The van der Waals surface area contributed by atoms with Gasteiger partial charge in [-0.05, 0) is 51.6 Å². The molecule has 0 atom stereocenters. The predicted molar refractivity (Wildman–Crippen MR) is 118 cm³/mol. The van der Waals surface area contributed by atoms with E-state index in [1.54, 1.807) is 0 Å². The van der Waals surface area contributed by atoms with Crippen LogP contribution in [0.4, 0.5) is 0 Å². The van der Waals surface area contributed by atoms with Crippen LogP contribution in [-0.4, -0.2) is 0 Å². The molecule has 126 valence electrons. The molecule has 1 heterocycles. The van der Waals surface area contributed by atoms with Gasteiger partial charge in [0.15, 0.2) is 0 Å². The summed E-state index contributed by atoms with van der Waals surface area (Å²) in [4.78, 5) is 0. The maximum atomic E-state index is 3.80. The highest BCUT2D eigenvalue weighted by atomic mass is 79.9. The third-order valence-electron chi connectivity index (χ3n) is 6.32. The van der Waals surface area contributed by atoms with Gasteiger partial charge < -0.3 is 0 Å². The van der Waals surface area contributed by atoms with Crippen LogP contribution in [0.3, 0.4) is 0 Å². The van der Waals surface area contributed by atoms with Crippen LogP contribution < -0.4 is 0 Å². The highest BCUT2D eigenvalue weighted by molar-refractivity contribution is 9.10. The van der Waals surface area contributed by atoms with Crippen molar-refractivity contribution < 1.29 is 0 Å². The van der Waals surface area contributed by atoms with Crippen molar-refractivity contribution in [2.45, 2.75) is 5.41 Å². The molecule has 2 aliphatic carbocycles. The molecule has 0 saturated carbocycles. The molecule has 0 radical (unpaired) electrons. The second-order valence-electron chi connectivity index (χ2n) is 7.45. The lowest BCUT2D eigenvalue weighted by Gasteiger charge is -2.31. The molecular weight excluding hydrogens is 412 g/mol. The first kappa shape index (κ1) is 14.6. The Bertz CT molecular complexity index is 1390. The van der Waals surface area contributed by atoms with Gasteiger partial charge in [0, 0.05) is 24.6 Å². The molecule has 0 saturated heterocycles. The first-order valence-electron chi connectivity index (χ1n) is 9.15. The Morgan fingerprint density at radius 1 is 0.593 bits per heavy atom. The lowest BCUT2D eigenvalue weighted by molar-refractivity contribution is 0.796. The van der Waals surface area contributed by atoms with Crippen LogP contribution in [0.5, 0.6) is 0 Å². The van der Waals surface area contributed by atoms with Crippen LogP contribution in [0.2, 0.25) is 0 Å². The van der Waals surface area contributed by atoms with E-state index >= 15 is 0 Å². The molecule has 0 unspecified atom stereocenters. The summed E-state index contributed by atoms with van der Waals surface area (Å²) in [5.41, 5.74) is 8.24. The van der Waals surface area contributed by atoms with E-state index in [0.29, 0.717) is 0 Å². The van der Waals surface area contributed by atoms with Crippen LogP contribution in [0, 0.1) is 0 Å². The molecule has 4 aromatic carbocycles. The molecule has 0 bridgehead atoms. The number of halogens is 1.